The van der Waals surface area contributed by atoms with Crippen molar-refractivity contribution in [1.29, 1.82) is 0 Å². The van der Waals surface area contributed by atoms with E-state index < -0.39 is 0 Å². The van der Waals surface area contributed by atoms with Crippen molar-refractivity contribution < 1.29 is 0 Å². The van der Waals surface area contributed by atoms with Gasteiger partial charge in [0.2, 0.25) is 0 Å². The number of para-hydroxylation sites is 1. The second kappa shape index (κ2) is 8.71. The fourth-order valence-corrected chi connectivity index (χ4v) is 3.75. The molecule has 0 atom stereocenters. The standard InChI is InChI=1S/C26H21N5/c1-3-9-19(10-4-1)23(20-11-5-2-6-12-20)17-29-26-22-13-7-8-14-24(22)30-25(31-26)21-15-27-18-28-16-21/h1-16,18,23H,17H2,(H,29,30,31). The molecule has 0 spiro atoms. The van der Waals surface area contributed by atoms with Crippen molar-refractivity contribution in [2.75, 3.05) is 11.9 Å². The monoisotopic (exact) mass is 403 g/mol. The van der Waals surface area contributed by atoms with Gasteiger partial charge in [-0.15, -0.1) is 0 Å². The number of hydrogen-bond acceptors (Lipinski definition) is 5. The second-order valence-electron chi connectivity index (χ2n) is 7.29. The molecule has 0 aliphatic carbocycles. The van der Waals surface area contributed by atoms with Crippen molar-refractivity contribution in [2.45, 2.75) is 5.92 Å². The fourth-order valence-electron chi connectivity index (χ4n) is 3.75. The molecule has 3 aromatic carbocycles. The van der Waals surface area contributed by atoms with Crippen molar-refractivity contribution in [3.05, 3.63) is 115 Å². The number of aromatic nitrogens is 4. The molecule has 2 aromatic heterocycles. The predicted molar refractivity (Wildman–Crippen MR) is 124 cm³/mol. The highest BCUT2D eigenvalue weighted by Gasteiger charge is 2.16. The summed E-state index contributed by atoms with van der Waals surface area (Å²) in [5.74, 6) is 1.61. The molecule has 0 radical (unpaired) electrons. The van der Waals surface area contributed by atoms with Gasteiger partial charge in [0.05, 0.1) is 11.1 Å². The van der Waals surface area contributed by atoms with Gasteiger partial charge in [0.1, 0.15) is 12.1 Å². The van der Waals surface area contributed by atoms with Gasteiger partial charge >= 0.3 is 0 Å². The predicted octanol–water partition coefficient (Wildman–Crippen LogP) is 5.33. The summed E-state index contributed by atoms with van der Waals surface area (Å²) in [7, 11) is 0. The maximum atomic E-state index is 4.83. The van der Waals surface area contributed by atoms with Gasteiger partial charge in [0.15, 0.2) is 5.82 Å². The lowest BCUT2D eigenvalue weighted by Gasteiger charge is -2.20. The van der Waals surface area contributed by atoms with Gasteiger partial charge in [0.25, 0.3) is 0 Å². The first-order valence-electron chi connectivity index (χ1n) is 10.2. The van der Waals surface area contributed by atoms with Crippen LogP contribution in [0.2, 0.25) is 0 Å². The Morgan fingerprint density at radius 1 is 0.677 bits per heavy atom. The summed E-state index contributed by atoms with van der Waals surface area (Å²) in [6.07, 6.45) is 4.98. The van der Waals surface area contributed by atoms with E-state index in [2.05, 4.69) is 63.8 Å². The van der Waals surface area contributed by atoms with E-state index in [1.807, 2.05) is 36.4 Å². The van der Waals surface area contributed by atoms with Crippen LogP contribution in [0.5, 0.6) is 0 Å². The molecule has 1 N–H and O–H groups in total. The molecule has 150 valence electrons. The summed E-state index contributed by atoms with van der Waals surface area (Å²) in [5, 5.41) is 4.59. The molecule has 0 aliphatic heterocycles. The van der Waals surface area contributed by atoms with E-state index in [1.165, 1.54) is 17.5 Å². The summed E-state index contributed by atoms with van der Waals surface area (Å²) < 4.78 is 0. The normalized spacial score (nSPS) is 11.0. The van der Waals surface area contributed by atoms with Gasteiger partial charge in [-0.25, -0.2) is 19.9 Å². The minimum absolute atomic E-state index is 0.194. The number of hydrogen-bond donors (Lipinski definition) is 1. The average molecular weight is 403 g/mol. The van der Waals surface area contributed by atoms with Gasteiger partial charge in [-0.3, -0.25) is 0 Å². The molecule has 5 rings (SSSR count). The number of fused-ring (bicyclic) bond motifs is 1. The van der Waals surface area contributed by atoms with E-state index in [1.54, 1.807) is 12.4 Å². The molecular weight excluding hydrogens is 382 g/mol. The summed E-state index contributed by atoms with van der Waals surface area (Å²) in [6.45, 7) is 0.708. The number of nitrogens with one attached hydrogen (secondary N) is 1. The molecule has 5 heteroatoms. The molecule has 0 aliphatic rings. The second-order valence-corrected chi connectivity index (χ2v) is 7.29. The Balaban J connectivity index is 1.53. The first kappa shape index (κ1) is 18.9. The van der Waals surface area contributed by atoms with E-state index in [9.17, 15) is 0 Å². The Labute approximate surface area is 180 Å². The lowest BCUT2D eigenvalue weighted by Crippen LogP contribution is -2.15. The third kappa shape index (κ3) is 4.12. The molecule has 5 nitrogen and oxygen atoms in total. The highest BCUT2D eigenvalue weighted by atomic mass is 15.0. The van der Waals surface area contributed by atoms with Gasteiger partial charge in [-0.05, 0) is 23.3 Å². The molecule has 2 heterocycles. The summed E-state index contributed by atoms with van der Waals surface area (Å²) in [5.41, 5.74) is 4.20. The molecule has 5 aromatic rings. The lowest BCUT2D eigenvalue weighted by atomic mass is 9.91. The Morgan fingerprint density at radius 3 is 1.97 bits per heavy atom. The quantitative estimate of drug-likeness (QED) is 0.415. The Bertz CT molecular complexity index is 1240. The third-order valence-corrected chi connectivity index (χ3v) is 5.30. The fraction of sp³-hybridized carbons (Fsp3) is 0.0769. The molecule has 0 amide bonds. The molecule has 0 bridgehead atoms. The average Bonchev–Trinajstić information content (AvgIpc) is 2.86. The number of nitrogens with zero attached hydrogens (tertiary/aromatic N) is 4. The summed E-state index contributed by atoms with van der Waals surface area (Å²) in [4.78, 5) is 17.8. The van der Waals surface area contributed by atoms with Gasteiger partial charge in [-0.2, -0.15) is 0 Å². The zero-order chi connectivity index (χ0) is 20.9. The number of rotatable bonds is 6. The summed E-state index contributed by atoms with van der Waals surface area (Å²) >= 11 is 0. The SMILES string of the molecule is c1ccc(C(CNc2nc(-c3cncnc3)nc3ccccc23)c2ccccc2)cc1. The van der Waals surface area contributed by atoms with Gasteiger partial charge in [0, 0.05) is 30.2 Å². The topological polar surface area (TPSA) is 63.6 Å². The number of anilines is 1. The zero-order valence-electron chi connectivity index (χ0n) is 16.9. The van der Waals surface area contributed by atoms with Gasteiger partial charge < -0.3 is 5.32 Å². The maximum absolute atomic E-state index is 4.83. The molecule has 0 saturated carbocycles. The van der Waals surface area contributed by atoms with Crippen molar-refractivity contribution in [2.24, 2.45) is 0 Å². The molecule has 0 unspecified atom stereocenters. The highest BCUT2D eigenvalue weighted by molar-refractivity contribution is 5.90. The smallest absolute Gasteiger partial charge is 0.165 e. The lowest BCUT2D eigenvalue weighted by molar-refractivity contribution is 0.849. The van der Waals surface area contributed by atoms with E-state index in [0.29, 0.717) is 12.4 Å². The largest absolute Gasteiger partial charge is 0.368 e. The van der Waals surface area contributed by atoms with Crippen LogP contribution < -0.4 is 5.32 Å². The van der Waals surface area contributed by atoms with Crippen LogP contribution in [0.4, 0.5) is 5.82 Å². The van der Waals surface area contributed by atoms with Gasteiger partial charge in [-0.1, -0.05) is 72.8 Å². The van der Waals surface area contributed by atoms with Crippen LogP contribution >= 0.6 is 0 Å². The van der Waals surface area contributed by atoms with Crippen molar-refractivity contribution in [3.63, 3.8) is 0 Å². The summed E-state index contributed by atoms with van der Waals surface area (Å²) in [6, 6.07) is 29.1. The van der Waals surface area contributed by atoms with Crippen molar-refractivity contribution >= 4 is 16.7 Å². The Hall–Kier alpha value is -4.12. The van der Waals surface area contributed by atoms with E-state index >= 15 is 0 Å². The first-order valence-corrected chi connectivity index (χ1v) is 10.2. The van der Waals surface area contributed by atoms with Crippen LogP contribution in [0.25, 0.3) is 22.3 Å². The third-order valence-electron chi connectivity index (χ3n) is 5.30. The van der Waals surface area contributed by atoms with Crippen LogP contribution in [-0.4, -0.2) is 26.5 Å². The van der Waals surface area contributed by atoms with Crippen LogP contribution in [-0.2, 0) is 0 Å². The number of benzene rings is 3. The van der Waals surface area contributed by atoms with Crippen LogP contribution in [0.1, 0.15) is 17.0 Å². The minimum Gasteiger partial charge on any atom is -0.368 e. The first-order chi connectivity index (χ1) is 15.4. The molecular formula is C26H21N5. The molecule has 0 fully saturated rings. The minimum atomic E-state index is 0.194. The Kier molecular flexibility index (Phi) is 5.31. The van der Waals surface area contributed by atoms with Crippen LogP contribution in [0, 0.1) is 0 Å². The van der Waals surface area contributed by atoms with E-state index in [4.69, 9.17) is 9.97 Å². The van der Waals surface area contributed by atoms with Crippen molar-refractivity contribution in [1.82, 2.24) is 19.9 Å². The van der Waals surface area contributed by atoms with Crippen LogP contribution in [0.15, 0.2) is 104 Å². The molecule has 31 heavy (non-hydrogen) atoms. The Morgan fingerprint density at radius 2 is 1.29 bits per heavy atom. The highest BCUT2D eigenvalue weighted by Crippen LogP contribution is 2.28. The van der Waals surface area contributed by atoms with E-state index in [0.717, 1.165) is 22.3 Å². The van der Waals surface area contributed by atoms with E-state index in [-0.39, 0.29) is 5.92 Å². The molecule has 0 saturated heterocycles. The van der Waals surface area contributed by atoms with Crippen LogP contribution in [0.3, 0.4) is 0 Å². The van der Waals surface area contributed by atoms with Crippen molar-refractivity contribution in [3.8, 4) is 11.4 Å². The zero-order valence-corrected chi connectivity index (χ0v) is 16.9. The maximum Gasteiger partial charge on any atom is 0.165 e.